The molecule has 0 aliphatic heterocycles. The number of alkyl halides is 1. The van der Waals surface area contributed by atoms with Crippen molar-refractivity contribution in [1.29, 1.82) is 0 Å². The topological polar surface area (TPSA) is 9.23 Å². The molecule has 0 fully saturated rings. The van der Waals surface area contributed by atoms with Crippen molar-refractivity contribution < 1.29 is 9.13 Å². The molecular weight excluding hydrogens is 143 g/mol. The van der Waals surface area contributed by atoms with Crippen LogP contribution in [0.5, 0.6) is 0 Å². The molecule has 0 spiro atoms. The van der Waals surface area contributed by atoms with Crippen LogP contribution in [0.25, 0.3) is 0 Å². The molecule has 0 bridgehead atoms. The molecule has 0 aliphatic rings. The van der Waals surface area contributed by atoms with Gasteiger partial charge in [-0.2, -0.15) is 0 Å². The van der Waals surface area contributed by atoms with Crippen LogP contribution in [0.1, 0.15) is 27.2 Å². The summed E-state index contributed by atoms with van der Waals surface area (Å²) < 4.78 is 17.9. The van der Waals surface area contributed by atoms with E-state index in [0.717, 1.165) is 6.42 Å². The van der Waals surface area contributed by atoms with Gasteiger partial charge < -0.3 is 4.74 Å². The van der Waals surface area contributed by atoms with Gasteiger partial charge in [0.1, 0.15) is 6.17 Å². The summed E-state index contributed by atoms with van der Waals surface area (Å²) >= 11 is 0. The van der Waals surface area contributed by atoms with Crippen molar-refractivity contribution in [2.24, 2.45) is 0 Å². The fourth-order valence-corrected chi connectivity index (χ4v) is 0.638. The Labute approximate surface area is 68.2 Å². The standard InChI is InChI=1S/C9H17FO/c1-4-6-9(10)7-11-8(3)5-2/h4,6,8-9H,5,7H2,1-3H3/b6-4+. The maximum atomic E-state index is 12.7. The minimum atomic E-state index is -0.950. The smallest absolute Gasteiger partial charge is 0.141 e. The van der Waals surface area contributed by atoms with Crippen molar-refractivity contribution in [3.05, 3.63) is 12.2 Å². The van der Waals surface area contributed by atoms with E-state index in [1.54, 1.807) is 13.0 Å². The van der Waals surface area contributed by atoms with E-state index in [9.17, 15) is 4.39 Å². The van der Waals surface area contributed by atoms with Gasteiger partial charge in [0.25, 0.3) is 0 Å². The average Bonchev–Trinajstić information content (AvgIpc) is 2.01. The van der Waals surface area contributed by atoms with Gasteiger partial charge in [-0.3, -0.25) is 0 Å². The van der Waals surface area contributed by atoms with Gasteiger partial charge in [-0.15, -0.1) is 0 Å². The van der Waals surface area contributed by atoms with Gasteiger partial charge in [0.05, 0.1) is 12.7 Å². The van der Waals surface area contributed by atoms with Crippen LogP contribution in [-0.4, -0.2) is 18.9 Å². The first kappa shape index (κ1) is 10.6. The normalized spacial score (nSPS) is 17.1. The molecule has 0 saturated carbocycles. The number of allylic oxidation sites excluding steroid dienone is 1. The number of rotatable bonds is 5. The van der Waals surface area contributed by atoms with Crippen LogP contribution in [-0.2, 0) is 4.74 Å². The molecule has 0 aromatic rings. The Hall–Kier alpha value is -0.370. The maximum Gasteiger partial charge on any atom is 0.141 e. The van der Waals surface area contributed by atoms with E-state index in [1.165, 1.54) is 6.08 Å². The zero-order chi connectivity index (χ0) is 8.69. The summed E-state index contributed by atoms with van der Waals surface area (Å²) in [5.41, 5.74) is 0. The van der Waals surface area contributed by atoms with E-state index in [-0.39, 0.29) is 12.7 Å². The summed E-state index contributed by atoms with van der Waals surface area (Å²) in [4.78, 5) is 0. The van der Waals surface area contributed by atoms with E-state index in [0.29, 0.717) is 0 Å². The van der Waals surface area contributed by atoms with Crippen LogP contribution in [0.15, 0.2) is 12.2 Å². The molecule has 2 unspecified atom stereocenters. The molecule has 0 amide bonds. The van der Waals surface area contributed by atoms with Crippen LogP contribution >= 0.6 is 0 Å². The van der Waals surface area contributed by atoms with Crippen LogP contribution in [0.3, 0.4) is 0 Å². The van der Waals surface area contributed by atoms with Gasteiger partial charge in [0, 0.05) is 0 Å². The monoisotopic (exact) mass is 160 g/mol. The third-order valence-corrected chi connectivity index (χ3v) is 1.52. The highest BCUT2D eigenvalue weighted by atomic mass is 19.1. The first-order chi connectivity index (χ1) is 5.20. The minimum absolute atomic E-state index is 0.165. The lowest BCUT2D eigenvalue weighted by atomic mass is 10.3. The third kappa shape index (κ3) is 6.05. The van der Waals surface area contributed by atoms with Gasteiger partial charge in [-0.25, -0.2) is 4.39 Å². The molecule has 0 heterocycles. The van der Waals surface area contributed by atoms with Crippen LogP contribution in [0.4, 0.5) is 4.39 Å². The fraction of sp³-hybridized carbons (Fsp3) is 0.778. The highest BCUT2D eigenvalue weighted by Crippen LogP contribution is 2.00. The van der Waals surface area contributed by atoms with Gasteiger partial charge in [0.15, 0.2) is 0 Å². The molecular formula is C9H17FO. The molecule has 0 radical (unpaired) electrons. The third-order valence-electron chi connectivity index (χ3n) is 1.52. The summed E-state index contributed by atoms with van der Waals surface area (Å²) in [6.07, 6.45) is 3.35. The van der Waals surface area contributed by atoms with Crippen molar-refractivity contribution in [1.82, 2.24) is 0 Å². The molecule has 0 rings (SSSR count). The zero-order valence-electron chi connectivity index (χ0n) is 7.51. The Morgan fingerprint density at radius 3 is 2.64 bits per heavy atom. The van der Waals surface area contributed by atoms with E-state index >= 15 is 0 Å². The van der Waals surface area contributed by atoms with Gasteiger partial charge >= 0.3 is 0 Å². The molecule has 0 aromatic heterocycles. The minimum Gasteiger partial charge on any atom is -0.375 e. The number of hydrogen-bond donors (Lipinski definition) is 0. The Morgan fingerprint density at radius 1 is 1.55 bits per heavy atom. The quantitative estimate of drug-likeness (QED) is 0.562. The summed E-state index contributed by atoms with van der Waals surface area (Å²) in [6, 6.07) is 0. The van der Waals surface area contributed by atoms with Crippen LogP contribution < -0.4 is 0 Å². The zero-order valence-corrected chi connectivity index (χ0v) is 7.51. The van der Waals surface area contributed by atoms with Crippen molar-refractivity contribution >= 4 is 0 Å². The predicted octanol–water partition coefficient (Wildman–Crippen LogP) is 2.72. The summed E-state index contributed by atoms with van der Waals surface area (Å²) in [7, 11) is 0. The lowest BCUT2D eigenvalue weighted by molar-refractivity contribution is 0.0382. The Bertz CT molecular complexity index is 112. The molecule has 1 nitrogen and oxygen atoms in total. The summed E-state index contributed by atoms with van der Waals surface area (Å²) in [5.74, 6) is 0. The second kappa shape index (κ2) is 6.35. The van der Waals surface area contributed by atoms with Gasteiger partial charge in [-0.05, 0) is 20.3 Å². The van der Waals surface area contributed by atoms with Crippen LogP contribution in [0, 0.1) is 0 Å². The number of hydrogen-bond acceptors (Lipinski definition) is 1. The van der Waals surface area contributed by atoms with E-state index in [1.807, 2.05) is 13.8 Å². The first-order valence-corrected chi connectivity index (χ1v) is 4.09. The van der Waals surface area contributed by atoms with Crippen molar-refractivity contribution in [2.45, 2.75) is 39.5 Å². The van der Waals surface area contributed by atoms with E-state index < -0.39 is 6.17 Å². The molecule has 2 heteroatoms. The number of ether oxygens (including phenoxy) is 1. The second-order valence-electron chi connectivity index (χ2n) is 2.59. The van der Waals surface area contributed by atoms with Crippen molar-refractivity contribution in [2.75, 3.05) is 6.61 Å². The Morgan fingerprint density at radius 2 is 2.18 bits per heavy atom. The molecule has 66 valence electrons. The summed E-state index contributed by atoms with van der Waals surface area (Å²) in [5, 5.41) is 0. The molecule has 0 aliphatic carbocycles. The fourth-order valence-electron chi connectivity index (χ4n) is 0.638. The lowest BCUT2D eigenvalue weighted by Crippen LogP contribution is -2.14. The van der Waals surface area contributed by atoms with E-state index in [2.05, 4.69) is 0 Å². The SMILES string of the molecule is C/C=C/C(F)COC(C)CC. The lowest BCUT2D eigenvalue weighted by Gasteiger charge is -2.10. The predicted molar refractivity (Wildman–Crippen MR) is 45.4 cm³/mol. The maximum absolute atomic E-state index is 12.7. The van der Waals surface area contributed by atoms with Gasteiger partial charge in [-0.1, -0.05) is 19.1 Å². The second-order valence-corrected chi connectivity index (χ2v) is 2.59. The molecule has 0 aromatic carbocycles. The van der Waals surface area contributed by atoms with Crippen LogP contribution in [0.2, 0.25) is 0 Å². The molecule has 0 saturated heterocycles. The Balaban J connectivity index is 3.37. The Kier molecular flexibility index (Phi) is 6.13. The molecule has 11 heavy (non-hydrogen) atoms. The average molecular weight is 160 g/mol. The molecule has 0 N–H and O–H groups in total. The summed E-state index contributed by atoms with van der Waals surface area (Å²) in [6.45, 7) is 5.95. The van der Waals surface area contributed by atoms with Crippen molar-refractivity contribution in [3.8, 4) is 0 Å². The number of halogens is 1. The first-order valence-electron chi connectivity index (χ1n) is 4.09. The largest absolute Gasteiger partial charge is 0.375 e. The highest BCUT2D eigenvalue weighted by Gasteiger charge is 2.03. The van der Waals surface area contributed by atoms with Gasteiger partial charge in [0.2, 0.25) is 0 Å². The molecule has 2 atom stereocenters. The van der Waals surface area contributed by atoms with Crippen molar-refractivity contribution in [3.63, 3.8) is 0 Å². The van der Waals surface area contributed by atoms with E-state index in [4.69, 9.17) is 4.74 Å². The highest BCUT2D eigenvalue weighted by molar-refractivity contribution is 4.85.